The Balaban J connectivity index is 1.46. The van der Waals surface area contributed by atoms with E-state index in [1.807, 2.05) is 0 Å². The predicted octanol–water partition coefficient (Wildman–Crippen LogP) is 3.58. The first-order valence-corrected chi connectivity index (χ1v) is 11.9. The van der Waals surface area contributed by atoms with E-state index in [4.69, 9.17) is 9.47 Å². The van der Waals surface area contributed by atoms with Crippen LogP contribution in [0.3, 0.4) is 0 Å². The second-order valence-electron chi connectivity index (χ2n) is 7.06. The Hall–Kier alpha value is -1.61. The van der Waals surface area contributed by atoms with Crippen LogP contribution in [0.4, 0.5) is 0 Å². The summed E-state index contributed by atoms with van der Waals surface area (Å²) < 4.78 is 38.9. The van der Waals surface area contributed by atoms with E-state index in [2.05, 4.69) is 37.7 Å². The molecule has 1 aliphatic rings. The van der Waals surface area contributed by atoms with Gasteiger partial charge in [-0.05, 0) is 67.3 Å². The molecule has 0 aliphatic carbocycles. The molecule has 0 saturated heterocycles. The summed E-state index contributed by atoms with van der Waals surface area (Å²) in [6.45, 7) is 3.24. The quantitative estimate of drug-likeness (QED) is 0.553. The molecule has 0 unspecified atom stereocenters. The molecule has 0 spiro atoms. The molecule has 0 atom stereocenters. The number of halogens is 1. The number of hydrogen-bond donors (Lipinski definition) is 1. The molecule has 0 amide bonds. The van der Waals surface area contributed by atoms with Gasteiger partial charge >= 0.3 is 0 Å². The van der Waals surface area contributed by atoms with E-state index in [9.17, 15) is 8.42 Å². The Bertz CT molecular complexity index is 950. The summed E-state index contributed by atoms with van der Waals surface area (Å²) in [5.74, 6) is 1.53. The molecular formula is C21H27BrN2O4S. The fourth-order valence-corrected chi connectivity index (χ4v) is 5.19. The van der Waals surface area contributed by atoms with E-state index >= 15 is 0 Å². The summed E-state index contributed by atoms with van der Waals surface area (Å²) in [5, 5.41) is 0. The van der Waals surface area contributed by atoms with E-state index in [0.29, 0.717) is 6.54 Å². The van der Waals surface area contributed by atoms with E-state index in [1.54, 1.807) is 38.5 Å². The highest BCUT2D eigenvalue weighted by atomic mass is 79.9. The number of methoxy groups -OCH3 is 2. The molecule has 8 heteroatoms. The molecular weight excluding hydrogens is 456 g/mol. The topological polar surface area (TPSA) is 67.9 Å². The van der Waals surface area contributed by atoms with Gasteiger partial charge in [-0.25, -0.2) is 13.1 Å². The van der Waals surface area contributed by atoms with Crippen LogP contribution < -0.4 is 14.2 Å². The number of unbranched alkanes of at least 4 members (excludes halogenated alkanes) is 1. The van der Waals surface area contributed by atoms with Crippen LogP contribution in [0.1, 0.15) is 24.0 Å². The summed E-state index contributed by atoms with van der Waals surface area (Å²) in [6, 6.07) is 10.9. The van der Waals surface area contributed by atoms with Crippen LogP contribution in [0.15, 0.2) is 45.8 Å². The van der Waals surface area contributed by atoms with E-state index in [0.717, 1.165) is 54.9 Å². The van der Waals surface area contributed by atoms with Crippen molar-refractivity contribution in [2.24, 2.45) is 0 Å². The monoisotopic (exact) mass is 482 g/mol. The summed E-state index contributed by atoms with van der Waals surface area (Å²) in [5.41, 5.74) is 2.57. The number of sulfonamides is 1. The van der Waals surface area contributed by atoms with Crippen molar-refractivity contribution in [1.82, 2.24) is 9.62 Å². The maximum absolute atomic E-state index is 12.3. The Kier molecular flexibility index (Phi) is 7.56. The third-order valence-electron chi connectivity index (χ3n) is 5.10. The van der Waals surface area contributed by atoms with Gasteiger partial charge in [0.05, 0.1) is 19.1 Å². The zero-order valence-electron chi connectivity index (χ0n) is 16.8. The Morgan fingerprint density at radius 2 is 1.79 bits per heavy atom. The van der Waals surface area contributed by atoms with Crippen molar-refractivity contribution >= 4 is 26.0 Å². The van der Waals surface area contributed by atoms with E-state index in [1.165, 1.54) is 11.1 Å². The van der Waals surface area contributed by atoms with Crippen LogP contribution in [-0.4, -0.2) is 47.2 Å². The standard InChI is InChI=1S/C21H27BrN2O4S/c1-27-20-12-16-8-11-24(15-17(16)13-21(20)28-2)10-4-3-9-23-29(25,26)19-7-5-6-18(22)14-19/h5-7,12-14,23H,3-4,8-11,15H2,1-2H3. The fourth-order valence-electron chi connectivity index (χ4n) is 3.52. The van der Waals surface area contributed by atoms with Gasteiger partial charge in [-0.15, -0.1) is 0 Å². The van der Waals surface area contributed by atoms with Crippen molar-refractivity contribution in [3.05, 3.63) is 52.0 Å². The van der Waals surface area contributed by atoms with Gasteiger partial charge in [-0.3, -0.25) is 4.90 Å². The molecule has 0 aromatic heterocycles. The zero-order valence-corrected chi connectivity index (χ0v) is 19.2. The van der Waals surface area contributed by atoms with Crippen LogP contribution >= 0.6 is 15.9 Å². The number of nitrogens with one attached hydrogen (secondary N) is 1. The van der Waals surface area contributed by atoms with Crippen LogP contribution in [0.5, 0.6) is 11.5 Å². The average molecular weight is 483 g/mol. The van der Waals surface area contributed by atoms with Crippen molar-refractivity contribution in [1.29, 1.82) is 0 Å². The molecule has 0 radical (unpaired) electrons. The molecule has 158 valence electrons. The first-order chi connectivity index (χ1) is 13.9. The highest BCUT2D eigenvalue weighted by Crippen LogP contribution is 2.33. The van der Waals surface area contributed by atoms with Crippen molar-refractivity contribution in [3.8, 4) is 11.5 Å². The number of rotatable bonds is 9. The second-order valence-corrected chi connectivity index (χ2v) is 9.75. The van der Waals surface area contributed by atoms with Gasteiger partial charge in [-0.2, -0.15) is 0 Å². The molecule has 0 saturated carbocycles. The van der Waals surface area contributed by atoms with Gasteiger partial charge < -0.3 is 9.47 Å². The third kappa shape index (κ3) is 5.72. The zero-order chi connectivity index (χ0) is 20.9. The van der Waals surface area contributed by atoms with Gasteiger partial charge in [0.15, 0.2) is 11.5 Å². The Labute approximate surface area is 181 Å². The molecule has 0 fully saturated rings. The molecule has 6 nitrogen and oxygen atoms in total. The summed E-state index contributed by atoms with van der Waals surface area (Å²) in [6.07, 6.45) is 2.71. The molecule has 3 rings (SSSR count). The van der Waals surface area contributed by atoms with Gasteiger partial charge in [-0.1, -0.05) is 22.0 Å². The third-order valence-corrected chi connectivity index (χ3v) is 7.05. The largest absolute Gasteiger partial charge is 0.493 e. The number of benzene rings is 2. The van der Waals surface area contributed by atoms with Gasteiger partial charge in [0.2, 0.25) is 10.0 Å². The minimum absolute atomic E-state index is 0.281. The fraction of sp³-hybridized carbons (Fsp3) is 0.429. The van der Waals surface area contributed by atoms with Crippen LogP contribution in [0.2, 0.25) is 0 Å². The summed E-state index contributed by atoms with van der Waals surface area (Å²) >= 11 is 3.31. The molecule has 1 N–H and O–H groups in total. The number of nitrogens with zero attached hydrogens (tertiary/aromatic N) is 1. The molecule has 0 bridgehead atoms. The summed E-state index contributed by atoms with van der Waals surface area (Å²) in [7, 11) is -0.152. The van der Waals surface area contributed by atoms with Crippen LogP contribution in [0, 0.1) is 0 Å². The minimum atomic E-state index is -3.46. The SMILES string of the molecule is COc1cc2c(cc1OC)CN(CCCCNS(=O)(=O)c1cccc(Br)c1)CC2. The Morgan fingerprint density at radius 1 is 1.07 bits per heavy atom. The molecule has 1 aliphatic heterocycles. The molecule has 29 heavy (non-hydrogen) atoms. The highest BCUT2D eigenvalue weighted by Gasteiger charge is 2.19. The first kappa shape index (κ1) is 22.1. The van der Waals surface area contributed by atoms with Gasteiger partial charge in [0.25, 0.3) is 0 Å². The van der Waals surface area contributed by atoms with Crippen LogP contribution in [-0.2, 0) is 23.0 Å². The molecule has 2 aromatic carbocycles. The van der Waals surface area contributed by atoms with Crippen molar-refractivity contribution in [2.45, 2.75) is 30.7 Å². The smallest absolute Gasteiger partial charge is 0.240 e. The lowest BCUT2D eigenvalue weighted by Crippen LogP contribution is -2.32. The number of hydrogen-bond acceptors (Lipinski definition) is 5. The second kappa shape index (κ2) is 9.93. The lowest BCUT2D eigenvalue weighted by Gasteiger charge is -2.29. The van der Waals surface area contributed by atoms with Crippen molar-refractivity contribution in [2.75, 3.05) is 33.9 Å². The number of fused-ring (bicyclic) bond motifs is 1. The van der Waals surface area contributed by atoms with E-state index in [-0.39, 0.29) is 4.90 Å². The van der Waals surface area contributed by atoms with Gasteiger partial charge in [0, 0.05) is 24.1 Å². The van der Waals surface area contributed by atoms with Gasteiger partial charge in [0.1, 0.15) is 0 Å². The lowest BCUT2D eigenvalue weighted by atomic mass is 9.98. The van der Waals surface area contributed by atoms with Crippen molar-refractivity contribution in [3.63, 3.8) is 0 Å². The molecule has 1 heterocycles. The van der Waals surface area contributed by atoms with Crippen molar-refractivity contribution < 1.29 is 17.9 Å². The number of ether oxygens (including phenoxy) is 2. The predicted molar refractivity (Wildman–Crippen MR) is 117 cm³/mol. The minimum Gasteiger partial charge on any atom is -0.493 e. The Morgan fingerprint density at radius 3 is 2.48 bits per heavy atom. The van der Waals surface area contributed by atoms with Crippen LogP contribution in [0.25, 0.3) is 0 Å². The summed E-state index contributed by atoms with van der Waals surface area (Å²) in [4.78, 5) is 2.68. The lowest BCUT2D eigenvalue weighted by molar-refractivity contribution is 0.248. The first-order valence-electron chi connectivity index (χ1n) is 9.64. The van der Waals surface area contributed by atoms with E-state index < -0.39 is 10.0 Å². The normalized spacial score (nSPS) is 14.4. The maximum atomic E-state index is 12.3. The average Bonchev–Trinajstić information content (AvgIpc) is 2.72. The molecule has 2 aromatic rings. The highest BCUT2D eigenvalue weighted by molar-refractivity contribution is 9.10. The maximum Gasteiger partial charge on any atom is 0.240 e.